The number of hydrogen-bond acceptors (Lipinski definition) is 7. The van der Waals surface area contributed by atoms with Gasteiger partial charge in [-0.15, -0.1) is 0 Å². The Morgan fingerprint density at radius 3 is 2.52 bits per heavy atom. The summed E-state index contributed by atoms with van der Waals surface area (Å²) < 4.78 is 13.7. The molecule has 6 rings (SSSR count). The summed E-state index contributed by atoms with van der Waals surface area (Å²) in [7, 11) is 0. The van der Waals surface area contributed by atoms with E-state index in [2.05, 4.69) is 55.3 Å². The number of nitrogens with zero attached hydrogens (tertiary/aromatic N) is 4. The van der Waals surface area contributed by atoms with Crippen LogP contribution in [0.15, 0.2) is 33.6 Å². The number of nitrogens with one attached hydrogen (secondary N) is 1. The molecule has 31 heavy (non-hydrogen) atoms. The fourth-order valence-corrected chi connectivity index (χ4v) is 6.77. The van der Waals surface area contributed by atoms with Gasteiger partial charge in [-0.3, -0.25) is 0 Å². The summed E-state index contributed by atoms with van der Waals surface area (Å²) in [6, 6.07) is 9.28. The Morgan fingerprint density at radius 1 is 1.16 bits per heavy atom. The summed E-state index contributed by atoms with van der Waals surface area (Å²) in [5.41, 5.74) is 1.87. The minimum Gasteiger partial charge on any atom is -0.611 e. The van der Waals surface area contributed by atoms with Gasteiger partial charge in [0.1, 0.15) is 11.4 Å². The van der Waals surface area contributed by atoms with Crippen LogP contribution in [0, 0.1) is 0 Å². The smallest absolute Gasteiger partial charge is 0.228 e. The number of anilines is 3. The zero-order valence-corrected chi connectivity index (χ0v) is 19.7. The zero-order valence-electron chi connectivity index (χ0n) is 17.3. The molecule has 4 heterocycles. The van der Waals surface area contributed by atoms with Crippen molar-refractivity contribution in [2.75, 3.05) is 40.6 Å². The van der Waals surface area contributed by atoms with Crippen LogP contribution in [-0.2, 0) is 17.6 Å². The van der Waals surface area contributed by atoms with E-state index in [9.17, 15) is 9.66 Å². The Labute approximate surface area is 193 Å². The summed E-state index contributed by atoms with van der Waals surface area (Å²) in [5.74, 6) is 2.05. The third kappa shape index (κ3) is 3.50. The van der Waals surface area contributed by atoms with Gasteiger partial charge in [-0.1, -0.05) is 15.9 Å². The second-order valence-corrected chi connectivity index (χ2v) is 11.6. The maximum atomic E-state index is 12.6. The minimum atomic E-state index is -1.07. The van der Waals surface area contributed by atoms with Crippen molar-refractivity contribution < 1.29 is 9.66 Å². The molecule has 1 aliphatic carbocycles. The molecule has 3 atom stereocenters. The number of aromatic nitrogens is 2. The average molecular weight is 504 g/mol. The van der Waals surface area contributed by atoms with E-state index < -0.39 is 11.2 Å². The van der Waals surface area contributed by atoms with Gasteiger partial charge in [0.15, 0.2) is 5.82 Å². The quantitative estimate of drug-likeness (QED) is 0.606. The van der Waals surface area contributed by atoms with E-state index in [1.54, 1.807) is 0 Å². The molecule has 0 amide bonds. The van der Waals surface area contributed by atoms with E-state index in [4.69, 9.17) is 9.97 Å². The number of benzene rings is 1. The van der Waals surface area contributed by atoms with Crippen molar-refractivity contribution >= 4 is 44.6 Å². The molecule has 3 fully saturated rings. The minimum absolute atomic E-state index is 0.0743. The molecule has 2 aromatic rings. The van der Waals surface area contributed by atoms with Gasteiger partial charge in [0.25, 0.3) is 0 Å². The monoisotopic (exact) mass is 503 g/mol. The van der Waals surface area contributed by atoms with Crippen LogP contribution in [-0.4, -0.2) is 62.7 Å². The van der Waals surface area contributed by atoms with Gasteiger partial charge in [0.2, 0.25) is 10.8 Å². The van der Waals surface area contributed by atoms with E-state index in [0.717, 1.165) is 66.2 Å². The molecule has 7 nitrogen and oxygen atoms in total. The van der Waals surface area contributed by atoms with Gasteiger partial charge in [-0.05, 0) is 61.1 Å². The molecule has 0 radical (unpaired) electrons. The van der Waals surface area contributed by atoms with Crippen molar-refractivity contribution in [2.45, 2.75) is 54.6 Å². The van der Waals surface area contributed by atoms with E-state index >= 15 is 0 Å². The van der Waals surface area contributed by atoms with Gasteiger partial charge in [0.05, 0.1) is 12.1 Å². The molecular weight excluding hydrogens is 478 g/mol. The Morgan fingerprint density at radius 2 is 1.87 bits per heavy atom. The van der Waals surface area contributed by atoms with Crippen LogP contribution in [0.4, 0.5) is 17.5 Å². The molecule has 0 spiro atoms. The molecule has 1 aromatic heterocycles. The number of rotatable bonds is 5. The van der Waals surface area contributed by atoms with Crippen LogP contribution in [0.2, 0.25) is 0 Å². The lowest BCUT2D eigenvalue weighted by atomic mass is 10.1. The molecule has 4 aliphatic rings. The van der Waals surface area contributed by atoms with E-state index in [-0.39, 0.29) is 12.1 Å². The first-order chi connectivity index (χ1) is 15.0. The first kappa shape index (κ1) is 20.1. The van der Waals surface area contributed by atoms with Crippen LogP contribution in [0.5, 0.6) is 0 Å². The Balaban J connectivity index is 1.31. The van der Waals surface area contributed by atoms with Gasteiger partial charge in [-0.25, -0.2) is 4.98 Å². The number of aryl methyl sites for hydroxylation is 1. The molecule has 1 aromatic carbocycles. The van der Waals surface area contributed by atoms with Gasteiger partial charge < -0.3 is 24.8 Å². The molecule has 164 valence electrons. The number of halogens is 1. The second-order valence-electron chi connectivity index (χ2n) is 9.18. The molecule has 1 saturated carbocycles. The number of piperazine rings is 1. The summed E-state index contributed by atoms with van der Waals surface area (Å²) >= 11 is 2.46. The van der Waals surface area contributed by atoms with Crippen molar-refractivity contribution in [3.05, 3.63) is 34.4 Å². The molecule has 2 unspecified atom stereocenters. The average Bonchev–Trinajstić information content (AvgIpc) is 3.37. The van der Waals surface area contributed by atoms with Gasteiger partial charge >= 0.3 is 0 Å². The fourth-order valence-electron chi connectivity index (χ4n) is 5.20. The maximum absolute atomic E-state index is 12.6. The number of hydrogen-bond donors (Lipinski definition) is 2. The normalized spacial score (nSPS) is 28.0. The summed E-state index contributed by atoms with van der Waals surface area (Å²) in [5, 5.41) is 13.2. The topological polar surface area (TPSA) is 87.6 Å². The highest BCUT2D eigenvalue weighted by Crippen LogP contribution is 2.43. The van der Waals surface area contributed by atoms with Crippen molar-refractivity contribution in [1.29, 1.82) is 0 Å². The van der Waals surface area contributed by atoms with Crippen molar-refractivity contribution in [2.24, 2.45) is 0 Å². The fraction of sp³-hybridized carbons (Fsp3) is 0.545. The standard InChI is InChI=1S/C22H26BrN5O2S/c23-14-1-3-15(4-2-14)27-11-16-5-6-17(12-27)28(16)21-24-18-7-10-31(30)19(18)20(25-21)26-22(13-29)8-9-22/h1-4,16-17,29H,5-13H2,(H,24,25,26)/t16?,17?,31-/m0/s1. The molecule has 2 N–H and O–H groups in total. The first-order valence-corrected chi connectivity index (χ1v) is 13.1. The van der Waals surface area contributed by atoms with Crippen LogP contribution in [0.25, 0.3) is 0 Å². The Hall–Kier alpha value is -1.55. The number of aliphatic hydroxyl groups excluding tert-OH is 1. The highest BCUT2D eigenvalue weighted by molar-refractivity contribution is 9.10. The molecule has 2 saturated heterocycles. The number of aliphatic hydroxyl groups is 1. The van der Waals surface area contributed by atoms with Crippen LogP contribution in [0.3, 0.4) is 0 Å². The largest absolute Gasteiger partial charge is 0.611 e. The van der Waals surface area contributed by atoms with E-state index in [0.29, 0.717) is 23.7 Å². The highest BCUT2D eigenvalue weighted by Gasteiger charge is 2.46. The third-order valence-corrected chi connectivity index (χ3v) is 9.11. The second kappa shape index (κ2) is 7.50. The first-order valence-electron chi connectivity index (χ1n) is 11.0. The predicted octanol–water partition coefficient (Wildman–Crippen LogP) is 2.70. The van der Waals surface area contributed by atoms with Crippen LogP contribution >= 0.6 is 15.9 Å². The summed E-state index contributed by atoms with van der Waals surface area (Å²) in [4.78, 5) is 15.5. The Kier molecular flexibility index (Phi) is 4.86. The lowest BCUT2D eigenvalue weighted by Gasteiger charge is -2.42. The number of fused-ring (bicyclic) bond motifs is 3. The lowest BCUT2D eigenvalue weighted by molar-refractivity contribution is 0.265. The van der Waals surface area contributed by atoms with Crippen molar-refractivity contribution in [3.8, 4) is 0 Å². The van der Waals surface area contributed by atoms with E-state index in [1.165, 1.54) is 5.69 Å². The predicted molar refractivity (Wildman–Crippen MR) is 125 cm³/mol. The third-order valence-electron chi connectivity index (χ3n) is 7.12. The Bertz CT molecular complexity index is 988. The molecule has 9 heteroatoms. The lowest BCUT2D eigenvalue weighted by Crippen LogP contribution is -2.54. The van der Waals surface area contributed by atoms with Gasteiger partial charge in [0, 0.05) is 41.8 Å². The SMILES string of the molecule is [O-][S@@+]1CCc2nc(N3C4CCC3CN(c3ccc(Br)cc3)C4)nc(NC3(CO)CC3)c21. The summed E-state index contributed by atoms with van der Waals surface area (Å²) in [6.07, 6.45) is 4.83. The van der Waals surface area contributed by atoms with Crippen LogP contribution in [0.1, 0.15) is 31.4 Å². The van der Waals surface area contributed by atoms with Crippen LogP contribution < -0.4 is 15.1 Å². The maximum Gasteiger partial charge on any atom is 0.228 e. The van der Waals surface area contributed by atoms with Crippen molar-refractivity contribution in [3.63, 3.8) is 0 Å². The highest BCUT2D eigenvalue weighted by atomic mass is 79.9. The van der Waals surface area contributed by atoms with E-state index in [1.807, 2.05) is 0 Å². The molecule has 3 aliphatic heterocycles. The van der Waals surface area contributed by atoms with Crippen molar-refractivity contribution in [1.82, 2.24) is 9.97 Å². The molecule has 2 bridgehead atoms. The van der Waals surface area contributed by atoms with Gasteiger partial charge in [-0.2, -0.15) is 4.98 Å². The zero-order chi connectivity index (χ0) is 21.2. The molecular formula is C22H26BrN5O2S. The summed E-state index contributed by atoms with van der Waals surface area (Å²) in [6.45, 7) is 1.98.